The van der Waals surface area contributed by atoms with Gasteiger partial charge in [0.15, 0.2) is 25.2 Å². The molecule has 12 rings (SSSR count). The summed E-state index contributed by atoms with van der Waals surface area (Å²) in [5.74, 6) is 0.741. The largest absolute Gasteiger partial charge is 0.462 e. The average Bonchev–Trinajstić information content (AvgIpc) is 1.69. The monoisotopic (exact) mass is 1720 g/mol. The Morgan fingerprint density at radius 1 is 0.620 bits per heavy atom. The van der Waals surface area contributed by atoms with Gasteiger partial charge in [0.2, 0.25) is 12.2 Å². The third-order valence-electron chi connectivity index (χ3n) is 28.0. The molecule has 9 fully saturated rings. The highest BCUT2D eigenvalue weighted by Crippen LogP contribution is 2.68. The SMILES string of the molecule is CC(O)CCCCCC/C=C\C/C=C\CCCCC(=O)NCCc1c[nH]c2ccc(OC3OC(COC4OC(COC5OC(CO)C(O)C(O)C5O)C(O)C(O)C4O)C(O)C(O)C3O)cc12.CC1CC([C@](C)(O)C2CCC3C4CC=C5C[C@@H](OC6OC(COC7OC(CO)C(O)C(O)C7O)C(O)C(O)C6O)C[C@H](O)C5(C)C4CCC32C)OC(=O)C1C. The Kier molecular flexibility index (Phi) is 34.6. The second-order valence-corrected chi connectivity index (χ2v) is 36.1. The van der Waals surface area contributed by atoms with Gasteiger partial charge in [0.05, 0.1) is 57.3 Å². The normalized spacial score (nSPS) is 42.8. The maximum atomic E-state index is 12.7. The number of aliphatic hydroxyl groups excluding tert-OH is 19. The average molecular weight is 1730 g/mol. The zero-order valence-electron chi connectivity index (χ0n) is 70.0. The van der Waals surface area contributed by atoms with Crippen molar-refractivity contribution >= 4 is 22.8 Å². The van der Waals surface area contributed by atoms with E-state index in [-0.39, 0.29) is 59.2 Å². The molecule has 0 spiro atoms. The van der Waals surface area contributed by atoms with E-state index in [0.717, 1.165) is 106 Å². The molecule has 2 aromatic rings. The molecule has 38 atom stereocenters. The molecule has 0 bridgehead atoms. The number of unbranched alkanes of at least 4 members (excludes halogenated alkanes) is 6. The standard InChI is InChI=1S/C46H72N2O18.C40H64O15/c1-26(50)15-13-11-9-7-5-3-2-4-6-8-10-12-14-16-34(51)47-20-19-27-22-48-30-18-17-28(21-29(27)30)63-46-43(60)40(57)37(54)33(66-46)25-62-45-42(59)39(56)36(53)32(65-45)24-61-44-41(58)38(55)35(52)31(23-49)64-44;1-17-12-28(55-35(49)18(17)2)40(5,50)26-9-8-22-21-7-6-19-13-20(14-27(42)39(19,4)23(21)10-11-38(22,26)3)52-37-34(48)32(46)30(44)25(54-37)16-51-36-33(47)31(45)29(43)24(15-41)53-36/h2-3,6,8,17-18,21-22,26,31-33,35-46,48-50,52-60H,4-5,7,9-16,19-20,23-25H2,1H3,(H,47,51);6,17-18,20-34,36-37,41-48,50H,7-16H2,1-5H3/b3-2-,8-6-;/t;17?,18?,20-,21?,22?,23?,24?,25?,26?,27+,28?,29?,30?,31?,32?,33?,34?,36?,37?,38?,39?,40-/m.1/s1. The Labute approximate surface area is 705 Å². The molecule has 35 unspecified atom stereocenters. The van der Waals surface area contributed by atoms with Gasteiger partial charge in [-0.1, -0.05) is 82.9 Å². The van der Waals surface area contributed by atoms with E-state index in [1.807, 2.05) is 27.0 Å². The van der Waals surface area contributed by atoms with Crippen LogP contribution < -0.4 is 10.1 Å². The van der Waals surface area contributed by atoms with Gasteiger partial charge < -0.3 is 165 Å². The first kappa shape index (κ1) is 97.2. The number of amides is 1. The molecular weight excluding hydrogens is 1590 g/mol. The van der Waals surface area contributed by atoms with Crippen molar-refractivity contribution in [2.75, 3.05) is 39.6 Å². The number of aromatic amines is 1. The first-order valence-corrected chi connectivity index (χ1v) is 43.6. The van der Waals surface area contributed by atoms with Crippen LogP contribution in [0.2, 0.25) is 0 Å². The number of nitrogens with one attached hydrogen (secondary N) is 2. The number of allylic oxidation sites excluding steroid dienone is 5. The van der Waals surface area contributed by atoms with Gasteiger partial charge in [-0.25, -0.2) is 0 Å². The number of fused-ring (bicyclic) bond motifs is 6. The van der Waals surface area contributed by atoms with Crippen molar-refractivity contribution < 1.29 is 164 Å². The first-order chi connectivity index (χ1) is 57.5. The van der Waals surface area contributed by atoms with Gasteiger partial charge >= 0.3 is 5.97 Å². The summed E-state index contributed by atoms with van der Waals surface area (Å²) in [4.78, 5) is 28.4. The van der Waals surface area contributed by atoms with Crippen molar-refractivity contribution in [1.29, 1.82) is 0 Å². The van der Waals surface area contributed by atoms with Crippen LogP contribution in [0.4, 0.5) is 0 Å². The zero-order chi connectivity index (χ0) is 87.7. The molecule has 0 radical (unpaired) electrons. The minimum Gasteiger partial charge on any atom is -0.462 e. The Hall–Kier alpha value is -4.44. The van der Waals surface area contributed by atoms with Crippen molar-refractivity contribution in [2.24, 2.45) is 46.3 Å². The summed E-state index contributed by atoms with van der Waals surface area (Å²) >= 11 is 0. The molecule has 35 nitrogen and oxygen atoms in total. The summed E-state index contributed by atoms with van der Waals surface area (Å²) in [5, 5.41) is 213. The van der Waals surface area contributed by atoms with Crippen LogP contribution in [-0.4, -0.2) is 342 Å². The fraction of sp³-hybridized carbons (Fsp3) is 0.814. The number of aromatic nitrogens is 1. The molecule has 35 heteroatoms. The van der Waals surface area contributed by atoms with Gasteiger partial charge in [0, 0.05) is 41.9 Å². The zero-order valence-corrected chi connectivity index (χ0v) is 70.0. The maximum absolute atomic E-state index is 12.7. The van der Waals surface area contributed by atoms with Crippen molar-refractivity contribution in [2.45, 2.75) is 354 Å². The van der Waals surface area contributed by atoms with Crippen LogP contribution in [0.25, 0.3) is 10.9 Å². The van der Waals surface area contributed by atoms with Crippen LogP contribution in [0.5, 0.6) is 5.75 Å². The Bertz CT molecular complexity index is 3660. The number of esters is 1. The highest BCUT2D eigenvalue weighted by Gasteiger charge is 2.65. The molecule has 4 aliphatic carbocycles. The number of carbonyl (C=O) groups excluding carboxylic acids is 2. The number of H-pyrrole nitrogens is 1. The number of benzene rings is 1. The lowest BCUT2D eigenvalue weighted by Crippen LogP contribution is -2.63. The predicted molar refractivity (Wildman–Crippen MR) is 427 cm³/mol. The summed E-state index contributed by atoms with van der Waals surface area (Å²) < 4.78 is 62.7. The lowest BCUT2D eigenvalue weighted by atomic mass is 9.46. The lowest BCUT2D eigenvalue weighted by molar-refractivity contribution is -0.339. The molecule has 1 aromatic carbocycles. The van der Waals surface area contributed by atoms with Crippen molar-refractivity contribution in [3.63, 3.8) is 0 Å². The predicted octanol–water partition coefficient (Wildman–Crippen LogP) is -0.678. The van der Waals surface area contributed by atoms with Crippen LogP contribution in [0.1, 0.15) is 169 Å². The van der Waals surface area contributed by atoms with Crippen molar-refractivity contribution in [1.82, 2.24) is 10.3 Å². The molecule has 6 aliphatic heterocycles. The number of hydrogen-bond donors (Lipinski definition) is 22. The molecule has 1 amide bonds. The van der Waals surface area contributed by atoms with Gasteiger partial charge in [-0.05, 0) is 169 Å². The topological polar surface area (TPSA) is 568 Å². The van der Waals surface area contributed by atoms with Gasteiger partial charge in [0.1, 0.15) is 140 Å². The number of rotatable bonds is 34. The van der Waals surface area contributed by atoms with Gasteiger partial charge in [-0.15, -0.1) is 0 Å². The third-order valence-corrected chi connectivity index (χ3v) is 28.0. The van der Waals surface area contributed by atoms with E-state index in [2.05, 4.69) is 61.5 Å². The number of cyclic esters (lactones) is 1. The highest BCUT2D eigenvalue weighted by molar-refractivity contribution is 5.85. The van der Waals surface area contributed by atoms with E-state index in [1.165, 1.54) is 12.8 Å². The molecule has 3 saturated carbocycles. The number of hydrogen-bond acceptors (Lipinski definition) is 33. The molecular formula is C86H136N2O33. The summed E-state index contributed by atoms with van der Waals surface area (Å²) in [7, 11) is 0. The summed E-state index contributed by atoms with van der Waals surface area (Å²) in [6.45, 7) is 9.50. The summed E-state index contributed by atoms with van der Waals surface area (Å²) in [6.07, 6.45) is -12.3. The minimum atomic E-state index is -1.84. The van der Waals surface area contributed by atoms with E-state index in [4.69, 9.17) is 52.1 Å². The Morgan fingerprint density at radius 3 is 1.69 bits per heavy atom. The van der Waals surface area contributed by atoms with Crippen LogP contribution >= 0.6 is 0 Å². The van der Waals surface area contributed by atoms with Crippen molar-refractivity contribution in [3.05, 3.63) is 65.9 Å². The fourth-order valence-electron chi connectivity index (χ4n) is 20.2. The van der Waals surface area contributed by atoms with Crippen LogP contribution in [0, 0.1) is 46.3 Å². The molecule has 688 valence electrons. The molecule has 6 saturated heterocycles. The second kappa shape index (κ2) is 43.1. The number of ether oxygens (including phenoxy) is 11. The maximum Gasteiger partial charge on any atom is 0.309 e. The Balaban J connectivity index is 0.000000240. The quantitative estimate of drug-likeness (QED) is 0.0234. The third kappa shape index (κ3) is 22.3. The second-order valence-electron chi connectivity index (χ2n) is 36.1. The molecule has 10 aliphatic rings. The van der Waals surface area contributed by atoms with Crippen LogP contribution in [-0.2, 0) is 63.4 Å². The smallest absolute Gasteiger partial charge is 0.309 e. The van der Waals surface area contributed by atoms with Gasteiger partial charge in [0.25, 0.3) is 0 Å². The molecule has 22 N–H and O–H groups in total. The summed E-state index contributed by atoms with van der Waals surface area (Å²) in [6, 6.07) is 5.08. The van der Waals surface area contributed by atoms with E-state index in [0.29, 0.717) is 44.1 Å². The first-order valence-electron chi connectivity index (χ1n) is 43.6. The summed E-state index contributed by atoms with van der Waals surface area (Å²) in [5.41, 5.74) is 0.931. The molecule has 7 heterocycles. The van der Waals surface area contributed by atoms with E-state index >= 15 is 0 Å². The van der Waals surface area contributed by atoms with Crippen LogP contribution in [0.15, 0.2) is 60.3 Å². The number of carbonyl (C=O) groups is 2. The lowest BCUT2D eigenvalue weighted by Gasteiger charge is -2.60. The molecule has 121 heavy (non-hydrogen) atoms. The van der Waals surface area contributed by atoms with Crippen molar-refractivity contribution in [3.8, 4) is 5.75 Å². The minimum absolute atomic E-state index is 0.0289. The van der Waals surface area contributed by atoms with E-state index in [9.17, 15) is 112 Å². The molecule has 1 aromatic heterocycles. The van der Waals surface area contributed by atoms with E-state index < -0.39 is 216 Å². The number of aliphatic hydroxyl groups is 20. The van der Waals surface area contributed by atoms with Gasteiger partial charge in [-0.3, -0.25) is 9.59 Å². The van der Waals surface area contributed by atoms with Crippen LogP contribution in [0.3, 0.4) is 0 Å². The van der Waals surface area contributed by atoms with Gasteiger partial charge in [-0.2, -0.15) is 0 Å². The fourth-order valence-corrected chi connectivity index (χ4v) is 20.2. The highest BCUT2D eigenvalue weighted by atomic mass is 16.8. The van der Waals surface area contributed by atoms with E-state index in [1.54, 1.807) is 18.2 Å². The Morgan fingerprint density at radius 2 is 1.13 bits per heavy atom.